The van der Waals surface area contributed by atoms with Crippen molar-refractivity contribution in [2.45, 2.75) is 64.3 Å². The Labute approximate surface area is 262 Å². The number of β-amino-alcohol motifs (C(OH)–C–C–N with tert-alkyl or cyclic N) is 1. The van der Waals surface area contributed by atoms with Crippen LogP contribution in [0.15, 0.2) is 46.0 Å². The number of carboxylic acid groups (broad SMARTS) is 1. The second-order valence-corrected chi connectivity index (χ2v) is 13.1. The highest BCUT2D eigenvalue weighted by Gasteiger charge is 2.62. The molecule has 1 aromatic heterocycles. The molecule has 3 N–H and O–H groups in total. The summed E-state index contributed by atoms with van der Waals surface area (Å²) in [4.78, 5) is 41.5. The van der Waals surface area contributed by atoms with E-state index in [9.17, 15) is 24.2 Å². The van der Waals surface area contributed by atoms with Crippen LogP contribution >= 0.6 is 11.3 Å². The quantitative estimate of drug-likeness (QED) is 0.329. The first kappa shape index (κ1) is 33.0. The molecular weight excluding hydrogens is 615 g/mol. The largest absolute Gasteiger partial charge is 0.481 e. The molecule has 3 aliphatic rings. The number of aliphatic imine (C=N–C) groups is 1. The number of carboxylic acids is 1. The molecule has 0 amide bonds. The zero-order valence-electron chi connectivity index (χ0n) is 25.5. The molecule has 0 saturated carbocycles. The van der Waals surface area contributed by atoms with E-state index in [2.05, 4.69) is 10.3 Å². The summed E-state index contributed by atoms with van der Waals surface area (Å²) in [5, 5.41) is 27.0. The summed E-state index contributed by atoms with van der Waals surface area (Å²) < 4.78 is 51.6. The summed E-state index contributed by atoms with van der Waals surface area (Å²) in [5.74, 6) is -5.54. The summed E-state index contributed by atoms with van der Waals surface area (Å²) in [6.45, 7) is 5.64. The fourth-order valence-electron chi connectivity index (χ4n) is 5.83. The number of aromatic nitrogens is 1. The molecule has 1 aromatic carbocycles. The Hall–Kier alpha value is -3.37. The Kier molecular flexibility index (Phi) is 8.87. The van der Waals surface area contributed by atoms with Crippen LogP contribution in [0.2, 0.25) is 0 Å². The highest BCUT2D eigenvalue weighted by molar-refractivity contribution is 7.11. The van der Waals surface area contributed by atoms with Gasteiger partial charge in [0.15, 0.2) is 10.8 Å². The molecule has 2 saturated heterocycles. The monoisotopic (exact) mass is 651 g/mol. The molecule has 0 unspecified atom stereocenters. The summed E-state index contributed by atoms with van der Waals surface area (Å²) in [7, 11) is 0. The molecule has 0 bridgehead atoms. The minimum atomic E-state index is -3.32. The van der Waals surface area contributed by atoms with Crippen molar-refractivity contribution < 1.29 is 42.5 Å². The number of carbonyl (C=O) groups is 2. The van der Waals surface area contributed by atoms with Crippen molar-refractivity contribution in [3.8, 4) is 0 Å². The van der Waals surface area contributed by atoms with Crippen LogP contribution < -0.4 is 5.32 Å². The van der Waals surface area contributed by atoms with Gasteiger partial charge in [-0.25, -0.2) is 22.9 Å². The highest BCUT2D eigenvalue weighted by Crippen LogP contribution is 2.43. The van der Waals surface area contributed by atoms with E-state index >= 15 is 8.78 Å². The van der Waals surface area contributed by atoms with Gasteiger partial charge in [0.2, 0.25) is 0 Å². The number of rotatable bonds is 10. The van der Waals surface area contributed by atoms with Crippen LogP contribution in [0.5, 0.6) is 0 Å². The number of aliphatic hydroxyl groups is 1. The van der Waals surface area contributed by atoms with Gasteiger partial charge < -0.3 is 20.3 Å². The van der Waals surface area contributed by atoms with Crippen LogP contribution in [0.4, 0.5) is 13.2 Å². The average molecular weight is 652 g/mol. The van der Waals surface area contributed by atoms with E-state index in [-0.39, 0.29) is 36.6 Å². The van der Waals surface area contributed by atoms with Crippen molar-refractivity contribution in [1.29, 1.82) is 0 Å². The number of carbonyl (C=O) groups excluding carboxylic acids is 1. The molecule has 0 spiro atoms. The number of nitrogens with zero attached hydrogens (tertiary/aromatic N) is 4. The van der Waals surface area contributed by atoms with Crippen molar-refractivity contribution in [3.63, 3.8) is 0 Å². The fourth-order valence-corrected chi connectivity index (χ4v) is 6.42. The molecule has 11 nitrogen and oxygen atoms in total. The maximum absolute atomic E-state index is 15.7. The van der Waals surface area contributed by atoms with E-state index in [4.69, 9.17) is 14.6 Å². The van der Waals surface area contributed by atoms with E-state index < -0.39 is 65.9 Å². The van der Waals surface area contributed by atoms with Gasteiger partial charge in [0.25, 0.3) is 5.92 Å². The van der Waals surface area contributed by atoms with Crippen molar-refractivity contribution >= 4 is 29.1 Å². The van der Waals surface area contributed by atoms with E-state index in [1.807, 2.05) is 0 Å². The zero-order valence-corrected chi connectivity index (χ0v) is 26.3. The van der Waals surface area contributed by atoms with Crippen LogP contribution in [0, 0.1) is 18.2 Å². The van der Waals surface area contributed by atoms with Gasteiger partial charge in [-0.2, -0.15) is 5.06 Å². The van der Waals surface area contributed by atoms with Gasteiger partial charge in [0, 0.05) is 23.8 Å². The third kappa shape index (κ3) is 5.99. The van der Waals surface area contributed by atoms with Crippen LogP contribution in [-0.4, -0.2) is 99.4 Å². The van der Waals surface area contributed by atoms with Crippen LogP contribution in [0.3, 0.4) is 0 Å². The van der Waals surface area contributed by atoms with Gasteiger partial charge in [-0.1, -0.05) is 12.1 Å². The lowest BCUT2D eigenvalue weighted by Crippen LogP contribution is -2.57. The Bertz CT molecular complexity index is 1530. The SMILES string of the molecule is CCOC(=O)C1=C(CN2CC(F)(F)[C@@H]3[C@H]2CON3C[C@](C)(O)C(C)(C)C(=O)O)NC(c2nccs2)=N[C@H]1c1cccc(F)c1C. The van der Waals surface area contributed by atoms with Crippen molar-refractivity contribution in [3.05, 3.63) is 63.0 Å². The Morgan fingerprint density at radius 2 is 2.02 bits per heavy atom. The third-order valence-corrected chi connectivity index (χ3v) is 9.75. The lowest BCUT2D eigenvalue weighted by Gasteiger charge is -2.40. The number of fused-ring (bicyclic) bond motifs is 1. The summed E-state index contributed by atoms with van der Waals surface area (Å²) >= 11 is 1.28. The number of aliphatic carboxylic acids is 1. The first-order valence-electron chi connectivity index (χ1n) is 14.5. The predicted octanol–water partition coefficient (Wildman–Crippen LogP) is 3.30. The molecule has 0 radical (unpaired) electrons. The standard InChI is InChI=1S/C30H36F3N5O6S/c1-6-43-26(39)21-19(35-24(25-34-10-11-45-25)36-22(21)17-8-7-9-18(31)16(17)2)12-37-15-30(32,33)23-20(37)13-44-38(23)14-29(5,42)28(3,4)27(40)41/h7-11,20,22-23,42H,6,12-15H2,1-5H3,(H,35,36)(H,40,41)/t20-,22+,23+,29+/m1/s1. The first-order valence-corrected chi connectivity index (χ1v) is 15.3. The molecule has 45 heavy (non-hydrogen) atoms. The summed E-state index contributed by atoms with van der Waals surface area (Å²) in [6.07, 6.45) is 1.58. The number of hydrogen-bond donors (Lipinski definition) is 3. The van der Waals surface area contributed by atoms with Crippen LogP contribution in [-0.2, 0) is 19.2 Å². The van der Waals surface area contributed by atoms with Gasteiger partial charge in [0.05, 0.1) is 48.9 Å². The van der Waals surface area contributed by atoms with Crippen molar-refractivity contribution in [1.82, 2.24) is 20.3 Å². The third-order valence-electron chi connectivity index (χ3n) is 8.97. The van der Waals surface area contributed by atoms with Crippen LogP contribution in [0.1, 0.15) is 49.9 Å². The first-order chi connectivity index (χ1) is 21.1. The number of hydrogen-bond acceptors (Lipinski definition) is 11. The number of esters is 1. The van der Waals surface area contributed by atoms with E-state index in [1.54, 1.807) is 31.5 Å². The molecule has 0 aliphatic carbocycles. The Balaban J connectivity index is 1.52. The normalized spacial score (nSPS) is 25.0. The van der Waals surface area contributed by atoms with Crippen molar-refractivity contribution in [2.24, 2.45) is 10.4 Å². The van der Waals surface area contributed by atoms with Gasteiger partial charge in [0.1, 0.15) is 17.9 Å². The van der Waals surface area contributed by atoms with E-state index in [0.29, 0.717) is 16.4 Å². The van der Waals surface area contributed by atoms with Crippen molar-refractivity contribution in [2.75, 3.05) is 32.8 Å². The van der Waals surface area contributed by atoms with Gasteiger partial charge in [-0.3, -0.25) is 19.5 Å². The predicted molar refractivity (Wildman–Crippen MR) is 158 cm³/mol. The number of benzene rings is 1. The number of likely N-dealkylation sites (tertiary alicyclic amines) is 1. The minimum Gasteiger partial charge on any atom is -0.481 e. The maximum Gasteiger partial charge on any atom is 0.338 e. The van der Waals surface area contributed by atoms with E-state index in [1.165, 1.54) is 49.1 Å². The molecular formula is C30H36F3N5O6S. The molecule has 5 rings (SSSR count). The molecule has 15 heteroatoms. The molecule has 2 fully saturated rings. The Morgan fingerprint density at radius 3 is 2.67 bits per heavy atom. The number of ether oxygens (including phenoxy) is 1. The molecule has 4 heterocycles. The number of thiazole rings is 1. The number of amidine groups is 1. The lowest BCUT2D eigenvalue weighted by atomic mass is 9.75. The zero-order chi connectivity index (χ0) is 32.9. The molecule has 244 valence electrons. The number of alkyl halides is 2. The molecule has 4 atom stereocenters. The molecule has 3 aliphatic heterocycles. The van der Waals surface area contributed by atoms with Gasteiger partial charge >= 0.3 is 11.9 Å². The highest BCUT2D eigenvalue weighted by atomic mass is 32.1. The van der Waals surface area contributed by atoms with Gasteiger partial charge in [-0.15, -0.1) is 11.3 Å². The topological polar surface area (TPSA) is 137 Å². The minimum absolute atomic E-state index is 0.0371. The Morgan fingerprint density at radius 1 is 1.29 bits per heavy atom. The average Bonchev–Trinajstić information content (AvgIpc) is 3.69. The fraction of sp³-hybridized carbons (Fsp3) is 0.533. The lowest BCUT2D eigenvalue weighted by molar-refractivity contribution is -0.221. The number of hydroxylamine groups is 2. The van der Waals surface area contributed by atoms with Crippen LogP contribution in [0.25, 0.3) is 0 Å². The maximum atomic E-state index is 15.7. The second kappa shape index (κ2) is 12.1. The van der Waals surface area contributed by atoms with Gasteiger partial charge in [-0.05, 0) is 51.8 Å². The van der Waals surface area contributed by atoms with E-state index in [0.717, 1.165) is 5.06 Å². The summed E-state index contributed by atoms with van der Waals surface area (Å²) in [6, 6.07) is 1.07. The smallest absolute Gasteiger partial charge is 0.338 e. The second-order valence-electron chi connectivity index (χ2n) is 12.2. The summed E-state index contributed by atoms with van der Waals surface area (Å²) in [5.41, 5.74) is -2.60. The molecule has 2 aromatic rings. The number of halogens is 3. The number of nitrogens with one attached hydrogen (secondary N) is 1.